The highest BCUT2D eigenvalue weighted by Gasteiger charge is 2.28. The minimum absolute atomic E-state index is 0.0804. The largest absolute Gasteiger partial charge is 0.379 e. The van der Waals surface area contributed by atoms with Gasteiger partial charge in [-0.2, -0.15) is 4.31 Å². The fourth-order valence-corrected chi connectivity index (χ4v) is 10.3. The fourth-order valence-electron chi connectivity index (χ4n) is 6.66. The highest BCUT2D eigenvalue weighted by molar-refractivity contribution is 7.99. The molecule has 0 unspecified atom stereocenters. The van der Waals surface area contributed by atoms with E-state index in [1.807, 2.05) is 62.6 Å². The number of morpholine rings is 1. The molecule has 0 N–H and O–H groups in total. The second-order valence-electron chi connectivity index (χ2n) is 12.2. The van der Waals surface area contributed by atoms with E-state index in [0.717, 1.165) is 57.9 Å². The third-order valence-corrected chi connectivity index (χ3v) is 13.1. The van der Waals surface area contributed by atoms with Crippen LogP contribution in [0.15, 0.2) is 63.4 Å². The van der Waals surface area contributed by atoms with Crippen LogP contribution in [0.3, 0.4) is 0 Å². The maximum absolute atomic E-state index is 14.2. The molecule has 244 valence electrons. The Hall–Kier alpha value is -3.55. The van der Waals surface area contributed by atoms with Crippen molar-refractivity contribution in [2.75, 3.05) is 32.1 Å². The SMILES string of the molecule is Cc1ccc(C)c(-n2c(SCC(=O)c3cc(C)n(-c4cccc(S(=O)(=O)N5CCOCC5)c4)c3C)nc3sc4c(c3c2=O)CCC4)c1. The summed E-state index contributed by atoms with van der Waals surface area (Å²) in [5.74, 6) is -0.00844. The van der Waals surface area contributed by atoms with Gasteiger partial charge in [0.1, 0.15) is 4.83 Å². The van der Waals surface area contributed by atoms with Crippen LogP contribution >= 0.6 is 23.1 Å². The number of nitrogens with zero attached hydrogens (tertiary/aromatic N) is 4. The first-order chi connectivity index (χ1) is 22.5. The average Bonchev–Trinajstić information content (AvgIpc) is 3.74. The first-order valence-corrected chi connectivity index (χ1v) is 19.0. The summed E-state index contributed by atoms with van der Waals surface area (Å²) in [6, 6.07) is 14.7. The number of carbonyl (C=O) groups is 1. The second-order valence-corrected chi connectivity index (χ2v) is 16.2. The van der Waals surface area contributed by atoms with Gasteiger partial charge in [0.05, 0.1) is 34.9 Å². The van der Waals surface area contributed by atoms with E-state index >= 15 is 0 Å². The number of sulfonamides is 1. The van der Waals surface area contributed by atoms with Crippen molar-refractivity contribution < 1.29 is 17.9 Å². The van der Waals surface area contributed by atoms with Crippen molar-refractivity contribution >= 4 is 49.1 Å². The van der Waals surface area contributed by atoms with Crippen LogP contribution in [0.4, 0.5) is 0 Å². The van der Waals surface area contributed by atoms with Gasteiger partial charge >= 0.3 is 0 Å². The van der Waals surface area contributed by atoms with Gasteiger partial charge in [-0.25, -0.2) is 13.4 Å². The number of benzene rings is 2. The first-order valence-electron chi connectivity index (χ1n) is 15.7. The predicted molar refractivity (Wildman–Crippen MR) is 187 cm³/mol. The molecule has 0 saturated carbocycles. The summed E-state index contributed by atoms with van der Waals surface area (Å²) in [5, 5.41) is 1.21. The highest BCUT2D eigenvalue weighted by Crippen LogP contribution is 2.37. The van der Waals surface area contributed by atoms with Crippen LogP contribution in [0.2, 0.25) is 0 Å². The summed E-state index contributed by atoms with van der Waals surface area (Å²) in [4.78, 5) is 35.2. The molecular weight excluding hydrogens is 653 g/mol. The van der Waals surface area contributed by atoms with Crippen molar-refractivity contribution in [1.29, 1.82) is 0 Å². The lowest BCUT2D eigenvalue weighted by molar-refractivity contribution is 0.0730. The number of ketones is 1. The summed E-state index contributed by atoms with van der Waals surface area (Å²) in [5.41, 5.74) is 6.58. The number of thioether (sulfide) groups is 1. The van der Waals surface area contributed by atoms with Gasteiger partial charge in [-0.1, -0.05) is 30.0 Å². The summed E-state index contributed by atoms with van der Waals surface area (Å²) in [7, 11) is -3.68. The Kier molecular flexibility index (Phi) is 8.50. The van der Waals surface area contributed by atoms with Gasteiger partial charge in [0.15, 0.2) is 10.9 Å². The number of hydrogen-bond donors (Lipinski definition) is 0. The molecule has 47 heavy (non-hydrogen) atoms. The number of Topliss-reactive ketones (excluding diaryl/α,β-unsaturated/α-hetero) is 1. The molecule has 1 aliphatic heterocycles. The Bertz CT molecular complexity index is 2230. The van der Waals surface area contributed by atoms with E-state index in [1.165, 1.54) is 20.9 Å². The Morgan fingerprint density at radius 1 is 1.00 bits per heavy atom. The van der Waals surface area contributed by atoms with E-state index in [1.54, 1.807) is 34.1 Å². The Morgan fingerprint density at radius 3 is 2.57 bits per heavy atom. The minimum Gasteiger partial charge on any atom is -0.379 e. The van der Waals surface area contributed by atoms with Gasteiger partial charge < -0.3 is 9.30 Å². The topological polar surface area (TPSA) is 104 Å². The molecule has 1 fully saturated rings. The molecule has 2 aliphatic rings. The third-order valence-electron chi connectivity index (χ3n) is 9.06. The van der Waals surface area contributed by atoms with Crippen molar-refractivity contribution in [2.45, 2.75) is 57.0 Å². The van der Waals surface area contributed by atoms with Gasteiger partial charge in [0.25, 0.3) is 5.56 Å². The molecule has 12 heteroatoms. The number of aryl methyl sites for hydroxylation is 5. The molecule has 0 radical (unpaired) electrons. The lowest BCUT2D eigenvalue weighted by Crippen LogP contribution is -2.40. The summed E-state index contributed by atoms with van der Waals surface area (Å²) < 4.78 is 37.1. The van der Waals surface area contributed by atoms with Crippen LogP contribution in [-0.4, -0.2) is 64.7 Å². The van der Waals surface area contributed by atoms with Crippen LogP contribution in [-0.2, 0) is 27.6 Å². The maximum Gasteiger partial charge on any atom is 0.267 e. The van der Waals surface area contributed by atoms with Crippen LogP contribution in [0.25, 0.3) is 21.6 Å². The van der Waals surface area contributed by atoms with E-state index in [2.05, 4.69) is 0 Å². The Balaban J connectivity index is 1.21. The van der Waals surface area contributed by atoms with E-state index in [4.69, 9.17) is 9.72 Å². The van der Waals surface area contributed by atoms with Crippen molar-refractivity contribution in [3.8, 4) is 11.4 Å². The Labute approximate surface area is 282 Å². The third kappa shape index (κ3) is 5.69. The molecule has 4 heterocycles. The van der Waals surface area contributed by atoms with Gasteiger partial charge in [0, 0.05) is 40.6 Å². The van der Waals surface area contributed by atoms with Crippen LogP contribution in [0.1, 0.15) is 49.7 Å². The molecular formula is C35H36N4O5S3. The van der Waals surface area contributed by atoms with Crippen molar-refractivity contribution in [3.05, 3.63) is 97.4 Å². The number of thiophene rings is 1. The number of fused-ring (bicyclic) bond motifs is 3. The molecule has 0 amide bonds. The lowest BCUT2D eigenvalue weighted by Gasteiger charge is -2.26. The van der Waals surface area contributed by atoms with E-state index in [-0.39, 0.29) is 22.0 Å². The van der Waals surface area contributed by atoms with E-state index in [9.17, 15) is 18.0 Å². The highest BCUT2D eigenvalue weighted by atomic mass is 32.2. The van der Waals surface area contributed by atoms with Gasteiger partial charge in [-0.3, -0.25) is 14.2 Å². The standard InChI is InChI=1S/C35H36N4O5S3/c1-21-11-12-22(2)29(17-21)39-34(41)32-27-9-6-10-31(27)46-33(32)36-35(39)45-20-30(40)28-18-23(3)38(24(28)4)25-7-5-8-26(19-25)47(42,43)37-13-15-44-16-14-37/h5,7-8,11-12,17-19H,6,9-10,13-16,20H2,1-4H3. The van der Waals surface area contributed by atoms with Gasteiger partial charge in [-0.05, 0) is 94.0 Å². The molecule has 5 aromatic rings. The smallest absolute Gasteiger partial charge is 0.267 e. The molecule has 0 spiro atoms. The van der Waals surface area contributed by atoms with Gasteiger partial charge in [-0.15, -0.1) is 11.3 Å². The van der Waals surface area contributed by atoms with Crippen molar-refractivity contribution in [2.24, 2.45) is 0 Å². The zero-order valence-corrected chi connectivity index (χ0v) is 29.3. The molecule has 1 aliphatic carbocycles. The zero-order valence-electron chi connectivity index (χ0n) is 26.8. The normalized spacial score (nSPS) is 15.4. The zero-order chi connectivity index (χ0) is 33.0. The summed E-state index contributed by atoms with van der Waals surface area (Å²) in [6.07, 6.45) is 2.91. The number of rotatable bonds is 8. The second kappa shape index (κ2) is 12.5. The Morgan fingerprint density at radius 2 is 1.79 bits per heavy atom. The van der Waals surface area contributed by atoms with Crippen molar-refractivity contribution in [3.63, 3.8) is 0 Å². The molecule has 0 bridgehead atoms. The minimum atomic E-state index is -3.68. The lowest BCUT2D eigenvalue weighted by atomic mass is 10.1. The summed E-state index contributed by atoms with van der Waals surface area (Å²) >= 11 is 2.87. The number of hydrogen-bond acceptors (Lipinski definition) is 8. The molecule has 1 saturated heterocycles. The van der Waals surface area contributed by atoms with E-state index in [0.29, 0.717) is 48.1 Å². The van der Waals surface area contributed by atoms with E-state index < -0.39 is 10.0 Å². The number of carbonyl (C=O) groups excluding carboxylic acids is 1. The number of ether oxygens (including phenoxy) is 1. The maximum atomic E-state index is 14.2. The van der Waals surface area contributed by atoms with Crippen LogP contribution in [0, 0.1) is 27.7 Å². The van der Waals surface area contributed by atoms with Crippen LogP contribution in [0.5, 0.6) is 0 Å². The molecule has 7 rings (SSSR count). The average molecular weight is 689 g/mol. The predicted octanol–water partition coefficient (Wildman–Crippen LogP) is 5.96. The number of aromatic nitrogens is 3. The monoisotopic (exact) mass is 688 g/mol. The molecule has 9 nitrogen and oxygen atoms in total. The van der Waals surface area contributed by atoms with Gasteiger partial charge in [0.2, 0.25) is 10.0 Å². The first kappa shape index (κ1) is 32.0. The van der Waals surface area contributed by atoms with Crippen molar-refractivity contribution in [1.82, 2.24) is 18.4 Å². The molecule has 2 aromatic carbocycles. The molecule has 3 aromatic heterocycles. The fraction of sp³-hybridized carbons (Fsp3) is 0.343. The molecule has 0 atom stereocenters. The van der Waals surface area contributed by atoms with Crippen LogP contribution < -0.4 is 5.56 Å². The quantitative estimate of drug-likeness (QED) is 0.113. The summed E-state index contributed by atoms with van der Waals surface area (Å²) in [6.45, 7) is 9.15.